The highest BCUT2D eigenvalue weighted by Crippen LogP contribution is 2.12. The van der Waals surface area contributed by atoms with Crippen LogP contribution in [0.15, 0.2) is 53.5 Å². The molecule has 0 spiro atoms. The number of guanidine groups is 1. The molecule has 0 bridgehead atoms. The van der Waals surface area contributed by atoms with E-state index in [4.69, 9.17) is 10.00 Å². The lowest BCUT2D eigenvalue weighted by Crippen LogP contribution is -2.40. The molecule has 0 saturated carbocycles. The van der Waals surface area contributed by atoms with Crippen molar-refractivity contribution in [2.45, 2.75) is 13.5 Å². The molecule has 5 nitrogen and oxygen atoms in total. The number of likely N-dealkylation sites (N-methyl/N-ethyl adjacent to an activating group) is 1. The molecule has 0 radical (unpaired) electrons. The lowest BCUT2D eigenvalue weighted by Gasteiger charge is -2.22. The zero-order valence-corrected chi connectivity index (χ0v) is 15.1. The summed E-state index contributed by atoms with van der Waals surface area (Å²) in [4.78, 5) is 6.40. The average Bonchev–Trinajstić information content (AvgIpc) is 2.67. The Labute approximate surface area is 153 Å². The summed E-state index contributed by atoms with van der Waals surface area (Å²) >= 11 is 0. The van der Waals surface area contributed by atoms with E-state index in [-0.39, 0.29) is 12.4 Å². The van der Waals surface area contributed by atoms with Gasteiger partial charge in [0.05, 0.1) is 24.7 Å². The Balaban J connectivity index is 1.98. The molecule has 1 N–H and O–H groups in total. The van der Waals surface area contributed by atoms with Gasteiger partial charge in [-0.05, 0) is 37.3 Å². The first-order valence-corrected chi connectivity index (χ1v) is 8.50. The summed E-state index contributed by atoms with van der Waals surface area (Å²) in [5.41, 5.74) is 0.819. The van der Waals surface area contributed by atoms with Crippen molar-refractivity contribution in [1.82, 2.24) is 10.2 Å². The van der Waals surface area contributed by atoms with Crippen molar-refractivity contribution < 1.29 is 9.13 Å². The number of hydrogen-bond donors (Lipinski definition) is 1. The van der Waals surface area contributed by atoms with Crippen LogP contribution >= 0.6 is 0 Å². The molecule has 26 heavy (non-hydrogen) atoms. The monoisotopic (exact) mass is 354 g/mol. The van der Waals surface area contributed by atoms with Gasteiger partial charge in [-0.25, -0.2) is 9.38 Å². The molecule has 6 heteroatoms. The normalized spacial score (nSPS) is 10.9. The van der Waals surface area contributed by atoms with Crippen molar-refractivity contribution in [3.05, 3.63) is 65.5 Å². The minimum absolute atomic E-state index is 0.160. The molecular formula is C20H23FN4O. The number of nitrogens with zero attached hydrogens (tertiary/aromatic N) is 3. The quantitative estimate of drug-likeness (QED) is 0.613. The number of ether oxygens (including phenoxy) is 1. The molecule has 136 valence electrons. The summed E-state index contributed by atoms with van der Waals surface area (Å²) in [5.74, 6) is 1.11. The third-order valence-electron chi connectivity index (χ3n) is 3.71. The van der Waals surface area contributed by atoms with Gasteiger partial charge in [0.15, 0.2) is 5.96 Å². The Kier molecular flexibility index (Phi) is 7.44. The summed E-state index contributed by atoms with van der Waals surface area (Å²) < 4.78 is 19.6. The highest BCUT2D eigenvalue weighted by Gasteiger charge is 2.08. The van der Waals surface area contributed by atoms with Crippen molar-refractivity contribution in [3.8, 4) is 11.8 Å². The van der Waals surface area contributed by atoms with Crippen molar-refractivity contribution in [3.63, 3.8) is 0 Å². The largest absolute Gasteiger partial charge is 0.492 e. The van der Waals surface area contributed by atoms with Crippen LogP contribution in [0.25, 0.3) is 0 Å². The van der Waals surface area contributed by atoms with E-state index >= 15 is 0 Å². The maximum atomic E-state index is 13.9. The second-order valence-electron chi connectivity index (χ2n) is 5.67. The van der Waals surface area contributed by atoms with Crippen LogP contribution < -0.4 is 10.1 Å². The van der Waals surface area contributed by atoms with E-state index in [0.717, 1.165) is 5.75 Å². The molecule has 0 amide bonds. The van der Waals surface area contributed by atoms with Crippen LogP contribution in [0, 0.1) is 17.1 Å². The Morgan fingerprint density at radius 1 is 1.27 bits per heavy atom. The minimum Gasteiger partial charge on any atom is -0.492 e. The van der Waals surface area contributed by atoms with Gasteiger partial charge < -0.3 is 15.0 Å². The zero-order chi connectivity index (χ0) is 18.8. The van der Waals surface area contributed by atoms with Crippen LogP contribution in [-0.2, 0) is 6.54 Å². The second kappa shape index (κ2) is 10.0. The third-order valence-corrected chi connectivity index (χ3v) is 3.71. The molecule has 0 fully saturated rings. The van der Waals surface area contributed by atoms with Crippen LogP contribution in [0.3, 0.4) is 0 Å². The molecule has 0 atom stereocenters. The number of aliphatic imine (C=N–C) groups is 1. The fourth-order valence-electron chi connectivity index (χ4n) is 2.32. The molecule has 2 aromatic carbocycles. The third kappa shape index (κ3) is 5.78. The van der Waals surface area contributed by atoms with E-state index in [1.54, 1.807) is 0 Å². The number of para-hydroxylation sites is 1. The summed E-state index contributed by atoms with van der Waals surface area (Å²) in [7, 11) is 1.90. The van der Waals surface area contributed by atoms with Gasteiger partial charge in [0.1, 0.15) is 18.2 Å². The van der Waals surface area contributed by atoms with Crippen LogP contribution in [-0.4, -0.2) is 37.6 Å². The number of nitrogens with one attached hydrogen (secondary N) is 1. The number of benzene rings is 2. The summed E-state index contributed by atoms with van der Waals surface area (Å²) in [6.07, 6.45) is 0. The predicted octanol–water partition coefficient (Wildman–Crippen LogP) is 3.17. The molecule has 0 aliphatic rings. The minimum atomic E-state index is -0.362. The van der Waals surface area contributed by atoms with Crippen molar-refractivity contribution >= 4 is 5.96 Å². The van der Waals surface area contributed by atoms with Crippen molar-refractivity contribution in [2.75, 3.05) is 26.7 Å². The van der Waals surface area contributed by atoms with E-state index in [0.29, 0.717) is 36.8 Å². The number of rotatable bonds is 7. The summed E-state index contributed by atoms with van der Waals surface area (Å²) in [6.45, 7) is 3.96. The van der Waals surface area contributed by atoms with Gasteiger partial charge in [-0.15, -0.1) is 0 Å². The number of nitriles is 1. The molecular weight excluding hydrogens is 331 g/mol. The van der Waals surface area contributed by atoms with Gasteiger partial charge in [-0.3, -0.25) is 0 Å². The highest BCUT2D eigenvalue weighted by molar-refractivity contribution is 5.79. The summed E-state index contributed by atoms with van der Waals surface area (Å²) in [5, 5.41) is 12.1. The van der Waals surface area contributed by atoms with Gasteiger partial charge in [-0.1, -0.05) is 18.2 Å². The van der Waals surface area contributed by atoms with Crippen LogP contribution in [0.1, 0.15) is 18.1 Å². The number of hydrogen-bond acceptors (Lipinski definition) is 3. The van der Waals surface area contributed by atoms with E-state index in [1.165, 1.54) is 18.2 Å². The van der Waals surface area contributed by atoms with Gasteiger partial charge in [0.25, 0.3) is 0 Å². The Bertz CT molecular complexity index is 771. The molecule has 0 unspecified atom stereocenters. The van der Waals surface area contributed by atoms with E-state index in [2.05, 4.69) is 10.3 Å². The smallest absolute Gasteiger partial charge is 0.194 e. The zero-order valence-electron chi connectivity index (χ0n) is 15.1. The first kappa shape index (κ1) is 19.3. The molecule has 0 aliphatic carbocycles. The Morgan fingerprint density at radius 3 is 2.73 bits per heavy atom. The van der Waals surface area contributed by atoms with E-state index < -0.39 is 0 Å². The molecule has 0 aliphatic heterocycles. The fraction of sp³-hybridized carbons (Fsp3) is 0.300. The van der Waals surface area contributed by atoms with Crippen LogP contribution in [0.2, 0.25) is 0 Å². The fourth-order valence-corrected chi connectivity index (χ4v) is 2.32. The van der Waals surface area contributed by atoms with Gasteiger partial charge in [0.2, 0.25) is 0 Å². The van der Waals surface area contributed by atoms with E-state index in [9.17, 15) is 4.39 Å². The van der Waals surface area contributed by atoms with Gasteiger partial charge in [-0.2, -0.15) is 5.26 Å². The van der Waals surface area contributed by atoms with Crippen LogP contribution in [0.5, 0.6) is 5.75 Å². The molecule has 0 saturated heterocycles. The topological polar surface area (TPSA) is 60.7 Å². The molecule has 0 heterocycles. The number of halogens is 1. The van der Waals surface area contributed by atoms with Gasteiger partial charge in [0, 0.05) is 19.2 Å². The maximum absolute atomic E-state index is 13.9. The van der Waals surface area contributed by atoms with E-state index in [1.807, 2.05) is 55.3 Å². The first-order valence-electron chi connectivity index (χ1n) is 8.50. The second-order valence-corrected chi connectivity index (χ2v) is 5.67. The molecule has 0 aromatic heterocycles. The Morgan fingerprint density at radius 2 is 2.04 bits per heavy atom. The van der Waals surface area contributed by atoms with Crippen LogP contribution in [0.4, 0.5) is 4.39 Å². The standard InChI is InChI=1S/C20H23FN4O/c1-3-23-20(24-15-17-13-16(14-22)9-10-19(17)21)25(2)11-12-26-18-7-5-4-6-8-18/h4-10,13H,3,11-12,15H2,1-2H3,(H,23,24). The summed E-state index contributed by atoms with van der Waals surface area (Å²) in [6, 6.07) is 15.9. The lowest BCUT2D eigenvalue weighted by atomic mass is 10.1. The Hall–Kier alpha value is -3.07. The maximum Gasteiger partial charge on any atom is 0.194 e. The van der Waals surface area contributed by atoms with Gasteiger partial charge >= 0.3 is 0 Å². The van der Waals surface area contributed by atoms with Crippen molar-refractivity contribution in [2.24, 2.45) is 4.99 Å². The molecule has 2 rings (SSSR count). The SMILES string of the molecule is CCNC(=NCc1cc(C#N)ccc1F)N(C)CCOc1ccccc1. The lowest BCUT2D eigenvalue weighted by molar-refractivity contribution is 0.281. The predicted molar refractivity (Wildman–Crippen MR) is 100 cm³/mol. The highest BCUT2D eigenvalue weighted by atomic mass is 19.1. The average molecular weight is 354 g/mol. The first-order chi connectivity index (χ1) is 12.6. The molecule has 2 aromatic rings. The van der Waals surface area contributed by atoms with Crippen molar-refractivity contribution in [1.29, 1.82) is 5.26 Å².